The summed E-state index contributed by atoms with van der Waals surface area (Å²) in [4.78, 5) is 22.7. The van der Waals surface area contributed by atoms with E-state index in [2.05, 4.69) is 26.2 Å². The summed E-state index contributed by atoms with van der Waals surface area (Å²) in [6.45, 7) is -0.311. The second-order valence-corrected chi connectivity index (χ2v) is 3.80. The van der Waals surface area contributed by atoms with Crippen LogP contribution in [0.1, 0.15) is 0 Å². The summed E-state index contributed by atoms with van der Waals surface area (Å²) in [5.41, 5.74) is 6.29. The monoisotopic (exact) mass is 275 g/mol. The van der Waals surface area contributed by atoms with Crippen molar-refractivity contribution < 1.29 is 9.59 Å². The Hall–Kier alpha value is -2.81. The molecule has 2 rings (SSSR count). The number of para-hydroxylation sites is 2. The highest BCUT2D eigenvalue weighted by molar-refractivity contribution is 5.96. The number of carbonyl (C=O) groups excluding carboxylic acids is 2. The zero-order chi connectivity index (χ0) is 14.4. The molecule has 0 saturated carbocycles. The predicted molar refractivity (Wildman–Crippen MR) is 69.8 cm³/mol. The Morgan fingerprint density at radius 3 is 2.75 bits per heavy atom. The van der Waals surface area contributed by atoms with E-state index in [9.17, 15) is 9.59 Å². The highest BCUT2D eigenvalue weighted by Crippen LogP contribution is 2.17. The molecule has 104 valence electrons. The molecule has 2 aromatic rings. The topological polar surface area (TPSA) is 128 Å². The van der Waals surface area contributed by atoms with Crippen LogP contribution in [-0.4, -0.2) is 45.1 Å². The molecule has 9 heteroatoms. The molecule has 0 aliphatic carbocycles. The normalized spacial score (nSPS) is 10.1. The number of hydrogen-bond donors (Lipinski definition) is 3. The highest BCUT2D eigenvalue weighted by Gasteiger charge is 2.09. The molecule has 20 heavy (non-hydrogen) atoms. The number of anilines is 1. The van der Waals surface area contributed by atoms with Gasteiger partial charge in [0.1, 0.15) is 6.33 Å². The number of amides is 2. The van der Waals surface area contributed by atoms with Crippen molar-refractivity contribution in [1.82, 2.24) is 25.5 Å². The van der Waals surface area contributed by atoms with Crippen LogP contribution < -0.4 is 16.4 Å². The first-order valence-corrected chi connectivity index (χ1v) is 5.79. The van der Waals surface area contributed by atoms with E-state index in [0.717, 1.165) is 0 Å². The fourth-order valence-electron chi connectivity index (χ4n) is 1.50. The number of rotatable bonds is 5. The Balaban J connectivity index is 2.06. The Labute approximate surface area is 114 Å². The Morgan fingerprint density at radius 2 is 2.05 bits per heavy atom. The lowest BCUT2D eigenvalue weighted by molar-refractivity contribution is -0.123. The SMILES string of the molecule is NCC(=O)NCC(=O)Nc1ccccc1-n1cnnn1. The van der Waals surface area contributed by atoms with Crippen molar-refractivity contribution in [3.05, 3.63) is 30.6 Å². The number of aromatic nitrogens is 4. The van der Waals surface area contributed by atoms with Gasteiger partial charge in [-0.25, -0.2) is 0 Å². The number of carbonyl (C=O) groups is 2. The Kier molecular flexibility index (Phi) is 4.35. The average molecular weight is 275 g/mol. The van der Waals surface area contributed by atoms with Crippen molar-refractivity contribution in [2.75, 3.05) is 18.4 Å². The molecule has 0 atom stereocenters. The van der Waals surface area contributed by atoms with Gasteiger partial charge >= 0.3 is 0 Å². The average Bonchev–Trinajstić information content (AvgIpc) is 2.99. The summed E-state index contributed by atoms with van der Waals surface area (Å²) < 4.78 is 1.42. The van der Waals surface area contributed by atoms with Crippen molar-refractivity contribution in [2.24, 2.45) is 5.73 Å². The van der Waals surface area contributed by atoms with E-state index in [1.807, 2.05) is 0 Å². The number of nitrogens with two attached hydrogens (primary N) is 1. The molecular formula is C11H13N7O2. The summed E-state index contributed by atoms with van der Waals surface area (Å²) in [7, 11) is 0. The van der Waals surface area contributed by atoms with E-state index in [1.165, 1.54) is 11.0 Å². The van der Waals surface area contributed by atoms with Crippen molar-refractivity contribution in [3.8, 4) is 5.69 Å². The van der Waals surface area contributed by atoms with Crippen LogP contribution in [0.2, 0.25) is 0 Å². The Bertz CT molecular complexity index is 597. The number of nitrogens with one attached hydrogen (secondary N) is 2. The Morgan fingerprint density at radius 1 is 1.25 bits per heavy atom. The third kappa shape index (κ3) is 3.36. The molecule has 4 N–H and O–H groups in total. The van der Waals surface area contributed by atoms with E-state index in [4.69, 9.17) is 5.73 Å². The number of hydrogen-bond acceptors (Lipinski definition) is 6. The molecule has 2 amide bonds. The van der Waals surface area contributed by atoms with Crippen LogP contribution >= 0.6 is 0 Å². The lowest BCUT2D eigenvalue weighted by atomic mass is 10.2. The zero-order valence-electron chi connectivity index (χ0n) is 10.5. The first-order valence-electron chi connectivity index (χ1n) is 5.79. The van der Waals surface area contributed by atoms with Gasteiger partial charge in [-0.2, -0.15) is 4.68 Å². The molecule has 1 aromatic carbocycles. The van der Waals surface area contributed by atoms with Gasteiger partial charge in [-0.15, -0.1) is 5.10 Å². The summed E-state index contributed by atoms with van der Waals surface area (Å²) in [6, 6.07) is 7.02. The molecular weight excluding hydrogens is 262 g/mol. The zero-order valence-corrected chi connectivity index (χ0v) is 10.5. The van der Waals surface area contributed by atoms with E-state index in [0.29, 0.717) is 11.4 Å². The third-order valence-electron chi connectivity index (χ3n) is 2.41. The molecule has 0 aliphatic rings. The van der Waals surface area contributed by atoms with Crippen LogP contribution in [0.25, 0.3) is 5.69 Å². The lowest BCUT2D eigenvalue weighted by Gasteiger charge is -2.10. The van der Waals surface area contributed by atoms with Gasteiger partial charge in [0.25, 0.3) is 0 Å². The quantitative estimate of drug-likeness (QED) is 0.620. The molecule has 0 fully saturated rings. The second kappa shape index (κ2) is 6.38. The standard InChI is InChI=1S/C11H13N7O2/c12-5-10(19)13-6-11(20)15-8-3-1-2-4-9(8)18-7-14-16-17-18/h1-4,7H,5-6,12H2,(H,13,19)(H,15,20). The van der Waals surface area contributed by atoms with Crippen molar-refractivity contribution in [1.29, 1.82) is 0 Å². The summed E-state index contributed by atoms with van der Waals surface area (Å²) in [5.74, 6) is -0.763. The molecule has 0 radical (unpaired) electrons. The van der Waals surface area contributed by atoms with Crippen LogP contribution in [0.4, 0.5) is 5.69 Å². The van der Waals surface area contributed by atoms with Gasteiger partial charge in [-0.3, -0.25) is 9.59 Å². The van der Waals surface area contributed by atoms with E-state index >= 15 is 0 Å². The van der Waals surface area contributed by atoms with Gasteiger partial charge in [0.05, 0.1) is 24.5 Å². The summed E-state index contributed by atoms with van der Waals surface area (Å²) >= 11 is 0. The minimum Gasteiger partial charge on any atom is -0.346 e. The fraction of sp³-hybridized carbons (Fsp3) is 0.182. The predicted octanol–water partition coefficient (Wildman–Crippen LogP) is -1.32. The smallest absolute Gasteiger partial charge is 0.243 e. The molecule has 9 nitrogen and oxygen atoms in total. The molecule has 1 aromatic heterocycles. The van der Waals surface area contributed by atoms with E-state index < -0.39 is 5.91 Å². The van der Waals surface area contributed by atoms with E-state index in [-0.39, 0.29) is 19.0 Å². The van der Waals surface area contributed by atoms with Crippen LogP contribution in [0.15, 0.2) is 30.6 Å². The lowest BCUT2D eigenvalue weighted by Crippen LogP contribution is -2.36. The van der Waals surface area contributed by atoms with Gasteiger partial charge in [0.2, 0.25) is 11.8 Å². The third-order valence-corrected chi connectivity index (χ3v) is 2.41. The number of nitrogens with zero attached hydrogens (tertiary/aromatic N) is 4. The fourth-order valence-corrected chi connectivity index (χ4v) is 1.50. The molecule has 0 bridgehead atoms. The van der Waals surface area contributed by atoms with Gasteiger partial charge in [0, 0.05) is 0 Å². The minimum atomic E-state index is -0.395. The van der Waals surface area contributed by atoms with Crippen molar-refractivity contribution in [3.63, 3.8) is 0 Å². The van der Waals surface area contributed by atoms with Crippen molar-refractivity contribution >= 4 is 17.5 Å². The maximum absolute atomic E-state index is 11.7. The summed E-state index contributed by atoms with van der Waals surface area (Å²) in [6.07, 6.45) is 1.42. The first kappa shape index (κ1) is 13.6. The molecule has 0 spiro atoms. The largest absolute Gasteiger partial charge is 0.346 e. The van der Waals surface area contributed by atoms with Gasteiger partial charge in [-0.05, 0) is 22.6 Å². The number of tetrazole rings is 1. The van der Waals surface area contributed by atoms with Gasteiger partial charge < -0.3 is 16.4 Å². The molecule has 1 heterocycles. The number of benzene rings is 1. The van der Waals surface area contributed by atoms with Crippen molar-refractivity contribution in [2.45, 2.75) is 0 Å². The van der Waals surface area contributed by atoms with Crippen LogP contribution in [0, 0.1) is 0 Å². The minimum absolute atomic E-state index is 0.153. The molecule has 0 saturated heterocycles. The second-order valence-electron chi connectivity index (χ2n) is 3.80. The maximum Gasteiger partial charge on any atom is 0.243 e. The first-order chi connectivity index (χ1) is 9.70. The molecule has 0 unspecified atom stereocenters. The summed E-state index contributed by atoms with van der Waals surface area (Å²) in [5, 5.41) is 15.9. The van der Waals surface area contributed by atoms with Crippen LogP contribution in [-0.2, 0) is 9.59 Å². The highest BCUT2D eigenvalue weighted by atomic mass is 16.2. The van der Waals surface area contributed by atoms with Crippen LogP contribution in [0.5, 0.6) is 0 Å². The van der Waals surface area contributed by atoms with Crippen LogP contribution in [0.3, 0.4) is 0 Å². The van der Waals surface area contributed by atoms with E-state index in [1.54, 1.807) is 24.3 Å². The molecule has 0 aliphatic heterocycles. The maximum atomic E-state index is 11.7. The van der Waals surface area contributed by atoms with Gasteiger partial charge in [0.15, 0.2) is 0 Å². The van der Waals surface area contributed by atoms with Gasteiger partial charge in [-0.1, -0.05) is 12.1 Å².